The number of hydrogen-bond donors (Lipinski definition) is 2. The maximum absolute atomic E-state index is 6.08. The molecule has 0 aromatic heterocycles. The van der Waals surface area contributed by atoms with Crippen molar-refractivity contribution in [1.82, 2.24) is 10.6 Å². The lowest BCUT2D eigenvalue weighted by Gasteiger charge is -2.23. The van der Waals surface area contributed by atoms with Gasteiger partial charge >= 0.3 is 0 Å². The van der Waals surface area contributed by atoms with E-state index in [1.54, 1.807) is 7.05 Å². The Labute approximate surface area is 174 Å². The highest BCUT2D eigenvalue weighted by Gasteiger charge is 2.16. The Morgan fingerprint density at radius 3 is 2.50 bits per heavy atom. The lowest BCUT2D eigenvalue weighted by atomic mass is 9.98. The number of nitrogens with one attached hydrogen (secondary N) is 2. The predicted octanol–water partition coefficient (Wildman–Crippen LogP) is 3.86. The summed E-state index contributed by atoms with van der Waals surface area (Å²) in [5.74, 6) is 1.80. The van der Waals surface area contributed by atoms with Crippen molar-refractivity contribution in [2.75, 3.05) is 20.2 Å². The van der Waals surface area contributed by atoms with Gasteiger partial charge in [-0.05, 0) is 56.2 Å². The van der Waals surface area contributed by atoms with Crippen molar-refractivity contribution in [3.05, 3.63) is 29.8 Å². The summed E-state index contributed by atoms with van der Waals surface area (Å²) in [4.78, 5) is 4.27. The molecule has 3 rings (SSSR count). The highest BCUT2D eigenvalue weighted by atomic mass is 127. The van der Waals surface area contributed by atoms with Gasteiger partial charge in [0.25, 0.3) is 0 Å². The zero-order valence-corrected chi connectivity index (χ0v) is 18.0. The molecule has 1 aromatic carbocycles. The van der Waals surface area contributed by atoms with Gasteiger partial charge < -0.3 is 20.1 Å². The first-order valence-corrected chi connectivity index (χ1v) is 9.65. The Bertz CT molecular complexity index is 538. The summed E-state index contributed by atoms with van der Waals surface area (Å²) in [5, 5.41) is 6.69. The van der Waals surface area contributed by atoms with Crippen LogP contribution in [0.5, 0.6) is 5.75 Å². The van der Waals surface area contributed by atoms with Crippen LogP contribution in [0.2, 0.25) is 0 Å². The molecule has 5 nitrogen and oxygen atoms in total. The van der Waals surface area contributed by atoms with Gasteiger partial charge in [-0.3, -0.25) is 4.99 Å². The first-order chi connectivity index (χ1) is 12.3. The van der Waals surface area contributed by atoms with Crippen LogP contribution in [0.3, 0.4) is 0 Å². The topological polar surface area (TPSA) is 54.9 Å². The molecule has 2 aliphatic rings. The second-order valence-electron chi connectivity index (χ2n) is 6.96. The highest BCUT2D eigenvalue weighted by molar-refractivity contribution is 14.0. The standard InChI is InChI=1S/C20H31N3O2.HI/c1-21-20(23-15-19-8-5-13-24-19)22-14-16-9-11-18(12-10-16)25-17-6-3-2-4-7-17;/h9-12,17,19H,2-8,13-15H2,1H3,(H2,21,22,23);1H. The van der Waals surface area contributed by atoms with Crippen molar-refractivity contribution in [1.29, 1.82) is 0 Å². The van der Waals surface area contributed by atoms with Gasteiger partial charge in [0.05, 0.1) is 12.2 Å². The van der Waals surface area contributed by atoms with Crippen molar-refractivity contribution in [2.45, 2.75) is 63.7 Å². The highest BCUT2D eigenvalue weighted by Crippen LogP contribution is 2.23. The number of benzene rings is 1. The molecule has 26 heavy (non-hydrogen) atoms. The molecule has 0 bridgehead atoms. The molecular formula is C20H32IN3O2. The van der Waals surface area contributed by atoms with E-state index in [-0.39, 0.29) is 24.0 Å². The first kappa shape index (κ1) is 21.3. The van der Waals surface area contributed by atoms with Crippen molar-refractivity contribution >= 4 is 29.9 Å². The van der Waals surface area contributed by atoms with E-state index in [1.165, 1.54) is 37.7 Å². The van der Waals surface area contributed by atoms with E-state index >= 15 is 0 Å². The number of ether oxygens (including phenoxy) is 2. The fraction of sp³-hybridized carbons (Fsp3) is 0.650. The molecule has 1 saturated carbocycles. The third-order valence-electron chi connectivity index (χ3n) is 4.98. The summed E-state index contributed by atoms with van der Waals surface area (Å²) in [7, 11) is 1.80. The molecule has 2 fully saturated rings. The van der Waals surface area contributed by atoms with Crippen LogP contribution in [0.25, 0.3) is 0 Å². The fourth-order valence-electron chi connectivity index (χ4n) is 3.48. The number of rotatable bonds is 6. The van der Waals surface area contributed by atoms with E-state index in [2.05, 4.69) is 39.9 Å². The van der Waals surface area contributed by atoms with Gasteiger partial charge in [0.1, 0.15) is 5.75 Å². The average molecular weight is 473 g/mol. The Hall–Kier alpha value is -1.02. The van der Waals surface area contributed by atoms with E-state index in [0.717, 1.165) is 44.2 Å². The quantitative estimate of drug-likeness (QED) is 0.375. The minimum atomic E-state index is 0. The first-order valence-electron chi connectivity index (χ1n) is 9.65. The van der Waals surface area contributed by atoms with E-state index in [0.29, 0.717) is 12.2 Å². The second kappa shape index (κ2) is 11.6. The monoisotopic (exact) mass is 473 g/mol. The zero-order valence-electron chi connectivity index (χ0n) is 15.7. The Morgan fingerprint density at radius 1 is 1.08 bits per heavy atom. The predicted molar refractivity (Wildman–Crippen MR) is 117 cm³/mol. The van der Waals surface area contributed by atoms with Gasteiger partial charge in [0.2, 0.25) is 0 Å². The lowest BCUT2D eigenvalue weighted by Crippen LogP contribution is -2.40. The molecule has 0 radical (unpaired) electrons. The molecule has 1 unspecified atom stereocenters. The largest absolute Gasteiger partial charge is 0.490 e. The lowest BCUT2D eigenvalue weighted by molar-refractivity contribution is 0.114. The summed E-state index contributed by atoms with van der Waals surface area (Å²) >= 11 is 0. The molecule has 0 amide bonds. The molecular weight excluding hydrogens is 441 g/mol. The number of halogens is 1. The number of hydrogen-bond acceptors (Lipinski definition) is 3. The summed E-state index contributed by atoms with van der Waals surface area (Å²) in [6, 6.07) is 8.40. The minimum Gasteiger partial charge on any atom is -0.490 e. The molecule has 1 aliphatic carbocycles. The van der Waals surface area contributed by atoms with E-state index in [4.69, 9.17) is 9.47 Å². The van der Waals surface area contributed by atoms with Crippen molar-refractivity contribution in [2.24, 2.45) is 4.99 Å². The van der Waals surface area contributed by atoms with Gasteiger partial charge in [-0.15, -0.1) is 24.0 Å². The third kappa shape index (κ3) is 6.95. The second-order valence-corrected chi connectivity index (χ2v) is 6.96. The number of nitrogens with zero attached hydrogens (tertiary/aromatic N) is 1. The maximum Gasteiger partial charge on any atom is 0.191 e. The zero-order chi connectivity index (χ0) is 17.3. The third-order valence-corrected chi connectivity index (χ3v) is 4.98. The molecule has 1 aromatic rings. The molecule has 1 atom stereocenters. The van der Waals surface area contributed by atoms with Gasteiger partial charge in [0, 0.05) is 26.7 Å². The minimum absolute atomic E-state index is 0. The summed E-state index contributed by atoms with van der Waals surface area (Å²) in [5.41, 5.74) is 1.22. The fourth-order valence-corrected chi connectivity index (χ4v) is 3.48. The molecule has 2 N–H and O–H groups in total. The number of guanidine groups is 1. The van der Waals surface area contributed by atoms with Gasteiger partial charge in [-0.1, -0.05) is 18.6 Å². The normalized spacial score (nSPS) is 21.1. The smallest absolute Gasteiger partial charge is 0.191 e. The van der Waals surface area contributed by atoms with Gasteiger partial charge in [0.15, 0.2) is 5.96 Å². The van der Waals surface area contributed by atoms with Crippen LogP contribution in [0, 0.1) is 0 Å². The van der Waals surface area contributed by atoms with Crippen LogP contribution in [-0.4, -0.2) is 38.4 Å². The molecule has 146 valence electrons. The Balaban J connectivity index is 0.00000243. The van der Waals surface area contributed by atoms with E-state index < -0.39 is 0 Å². The summed E-state index contributed by atoms with van der Waals surface area (Å²) in [6.45, 7) is 2.44. The number of aliphatic imine (C=N–C) groups is 1. The average Bonchev–Trinajstić information content (AvgIpc) is 3.18. The van der Waals surface area contributed by atoms with Crippen LogP contribution in [0.1, 0.15) is 50.5 Å². The van der Waals surface area contributed by atoms with Crippen LogP contribution in [-0.2, 0) is 11.3 Å². The van der Waals surface area contributed by atoms with Crippen LogP contribution < -0.4 is 15.4 Å². The molecule has 0 spiro atoms. The van der Waals surface area contributed by atoms with Crippen LogP contribution >= 0.6 is 24.0 Å². The molecule has 6 heteroatoms. The van der Waals surface area contributed by atoms with Crippen molar-refractivity contribution in [3.63, 3.8) is 0 Å². The maximum atomic E-state index is 6.08. The molecule has 1 heterocycles. The van der Waals surface area contributed by atoms with Crippen LogP contribution in [0.4, 0.5) is 0 Å². The van der Waals surface area contributed by atoms with Crippen LogP contribution in [0.15, 0.2) is 29.3 Å². The molecule has 1 saturated heterocycles. The van der Waals surface area contributed by atoms with Crippen molar-refractivity contribution < 1.29 is 9.47 Å². The van der Waals surface area contributed by atoms with Crippen molar-refractivity contribution in [3.8, 4) is 5.75 Å². The van der Waals surface area contributed by atoms with E-state index in [9.17, 15) is 0 Å². The Morgan fingerprint density at radius 2 is 1.85 bits per heavy atom. The SMILES string of the molecule is CN=C(NCc1ccc(OC2CCCCC2)cc1)NCC1CCCO1.I. The van der Waals surface area contributed by atoms with Gasteiger partial charge in [-0.2, -0.15) is 0 Å². The van der Waals surface area contributed by atoms with E-state index in [1.807, 2.05) is 0 Å². The summed E-state index contributed by atoms with van der Waals surface area (Å²) in [6.07, 6.45) is 9.34. The molecule has 1 aliphatic heterocycles. The van der Waals surface area contributed by atoms with Gasteiger partial charge in [-0.25, -0.2) is 0 Å². The summed E-state index contributed by atoms with van der Waals surface area (Å²) < 4.78 is 11.7. The Kier molecular flexibility index (Phi) is 9.53.